The topological polar surface area (TPSA) is 52.6 Å². The summed E-state index contributed by atoms with van der Waals surface area (Å²) in [4.78, 5) is 11.8. The van der Waals surface area contributed by atoms with Crippen molar-refractivity contribution in [3.63, 3.8) is 0 Å². The first-order valence-corrected chi connectivity index (χ1v) is 7.86. The number of carbonyl (C=O) groups is 1. The van der Waals surface area contributed by atoms with E-state index in [4.69, 9.17) is 9.05 Å². The molecule has 0 fully saturated rings. The van der Waals surface area contributed by atoms with Gasteiger partial charge in [0.15, 0.2) is 0 Å². The van der Waals surface area contributed by atoms with E-state index in [9.17, 15) is 9.36 Å². The Balaban J connectivity index is 4.75. The minimum atomic E-state index is -3.64. The first-order valence-electron chi connectivity index (χ1n) is 6.32. The Morgan fingerprint density at radius 1 is 0.944 bits per heavy atom. The molecule has 0 radical (unpaired) electrons. The molecule has 108 valence electrons. The Hall–Kier alpha value is -0.180. The van der Waals surface area contributed by atoms with Gasteiger partial charge in [0.2, 0.25) is 5.52 Å². The van der Waals surface area contributed by atoms with Gasteiger partial charge in [-0.05, 0) is 10.8 Å². The van der Waals surface area contributed by atoms with Crippen molar-refractivity contribution in [3.05, 3.63) is 0 Å². The normalized spacial score (nSPS) is 13.7. The molecular formula is C13H27O4P. The van der Waals surface area contributed by atoms with E-state index in [0.717, 1.165) is 0 Å². The van der Waals surface area contributed by atoms with Crippen LogP contribution in [0.5, 0.6) is 0 Å². The standard InChI is InChI=1S/C13H27O4P/c1-8-11(14)18(15,16-9-12(2,3)4)17-10-13(5,6)7/h8-10H2,1-7H3. The molecule has 4 nitrogen and oxygen atoms in total. The summed E-state index contributed by atoms with van der Waals surface area (Å²) in [7, 11) is -3.64. The summed E-state index contributed by atoms with van der Waals surface area (Å²) in [5.41, 5.74) is -0.764. The number of carbonyl (C=O) groups excluding carboxylic acids is 1. The van der Waals surface area contributed by atoms with Crippen molar-refractivity contribution < 1.29 is 18.4 Å². The summed E-state index contributed by atoms with van der Waals surface area (Å²) >= 11 is 0. The van der Waals surface area contributed by atoms with Gasteiger partial charge in [-0.15, -0.1) is 0 Å². The monoisotopic (exact) mass is 278 g/mol. The van der Waals surface area contributed by atoms with Crippen LogP contribution in [0.4, 0.5) is 0 Å². The van der Waals surface area contributed by atoms with Crippen LogP contribution in [0.25, 0.3) is 0 Å². The molecular weight excluding hydrogens is 251 g/mol. The van der Waals surface area contributed by atoms with Gasteiger partial charge in [-0.1, -0.05) is 48.5 Å². The average molecular weight is 278 g/mol. The molecule has 0 aliphatic heterocycles. The summed E-state index contributed by atoms with van der Waals surface area (Å²) in [6.45, 7) is 13.9. The molecule has 0 heterocycles. The number of hydrogen-bond donors (Lipinski definition) is 0. The third kappa shape index (κ3) is 7.30. The molecule has 0 unspecified atom stereocenters. The van der Waals surface area contributed by atoms with Crippen LogP contribution in [0.1, 0.15) is 54.9 Å². The highest BCUT2D eigenvalue weighted by Crippen LogP contribution is 2.51. The van der Waals surface area contributed by atoms with Gasteiger partial charge in [-0.2, -0.15) is 0 Å². The quantitative estimate of drug-likeness (QED) is 0.682. The zero-order valence-corrected chi connectivity index (χ0v) is 13.6. The summed E-state index contributed by atoms with van der Waals surface area (Å²) in [5.74, 6) is 0. The zero-order valence-electron chi connectivity index (χ0n) is 12.7. The first kappa shape index (κ1) is 17.8. The van der Waals surface area contributed by atoms with Crippen molar-refractivity contribution in [3.8, 4) is 0 Å². The van der Waals surface area contributed by atoms with Crippen molar-refractivity contribution in [2.45, 2.75) is 54.9 Å². The fraction of sp³-hybridized carbons (Fsp3) is 0.923. The van der Waals surface area contributed by atoms with Crippen LogP contribution in [0, 0.1) is 10.8 Å². The van der Waals surface area contributed by atoms with E-state index in [0.29, 0.717) is 0 Å². The molecule has 0 saturated heterocycles. The average Bonchev–Trinajstić information content (AvgIpc) is 2.20. The molecule has 0 aliphatic carbocycles. The van der Waals surface area contributed by atoms with Gasteiger partial charge in [-0.3, -0.25) is 9.36 Å². The van der Waals surface area contributed by atoms with Gasteiger partial charge in [0.05, 0.1) is 13.2 Å². The van der Waals surface area contributed by atoms with Gasteiger partial charge >= 0.3 is 7.60 Å². The maximum Gasteiger partial charge on any atom is 0.396 e. The van der Waals surface area contributed by atoms with E-state index in [-0.39, 0.29) is 30.5 Å². The summed E-state index contributed by atoms with van der Waals surface area (Å²) in [6, 6.07) is 0. The molecule has 0 saturated carbocycles. The lowest BCUT2D eigenvalue weighted by atomic mass is 9.99. The van der Waals surface area contributed by atoms with Crippen LogP contribution < -0.4 is 0 Å². The second kappa shape index (κ2) is 6.31. The largest absolute Gasteiger partial charge is 0.396 e. The van der Waals surface area contributed by atoms with Gasteiger partial charge in [0.1, 0.15) is 0 Å². The SMILES string of the molecule is CCC(=O)P(=O)(OCC(C)(C)C)OCC(C)(C)C. The molecule has 0 aromatic carbocycles. The van der Waals surface area contributed by atoms with E-state index in [1.165, 1.54) is 0 Å². The second-order valence-corrected chi connectivity index (χ2v) is 8.92. The molecule has 0 aromatic heterocycles. The number of hydrogen-bond acceptors (Lipinski definition) is 4. The van der Waals surface area contributed by atoms with Crippen molar-refractivity contribution >= 4 is 13.1 Å². The highest BCUT2D eigenvalue weighted by atomic mass is 31.2. The fourth-order valence-corrected chi connectivity index (χ4v) is 2.80. The van der Waals surface area contributed by atoms with Crippen LogP contribution in [0.2, 0.25) is 0 Å². The van der Waals surface area contributed by atoms with Crippen LogP contribution in [0.15, 0.2) is 0 Å². The lowest BCUT2D eigenvalue weighted by molar-refractivity contribution is -0.114. The molecule has 0 bridgehead atoms. The van der Waals surface area contributed by atoms with Crippen molar-refractivity contribution in [2.24, 2.45) is 10.8 Å². The highest BCUT2D eigenvalue weighted by molar-refractivity contribution is 7.71. The molecule has 0 amide bonds. The first-order chi connectivity index (χ1) is 7.90. The molecule has 18 heavy (non-hydrogen) atoms. The van der Waals surface area contributed by atoms with Gasteiger partial charge in [0, 0.05) is 6.42 Å². The van der Waals surface area contributed by atoms with E-state index < -0.39 is 13.1 Å². The maximum absolute atomic E-state index is 12.4. The van der Waals surface area contributed by atoms with Crippen LogP contribution >= 0.6 is 7.60 Å². The highest BCUT2D eigenvalue weighted by Gasteiger charge is 2.35. The van der Waals surface area contributed by atoms with E-state index >= 15 is 0 Å². The fourth-order valence-electron chi connectivity index (χ4n) is 0.932. The van der Waals surface area contributed by atoms with Gasteiger partial charge in [-0.25, -0.2) is 0 Å². The van der Waals surface area contributed by atoms with Crippen LogP contribution in [-0.4, -0.2) is 18.7 Å². The predicted molar refractivity (Wildman–Crippen MR) is 73.7 cm³/mol. The third-order valence-corrected chi connectivity index (χ3v) is 3.81. The van der Waals surface area contributed by atoms with E-state index in [1.807, 2.05) is 41.5 Å². The minimum Gasteiger partial charge on any atom is -0.303 e. The molecule has 0 spiro atoms. The molecule has 0 atom stereocenters. The van der Waals surface area contributed by atoms with Gasteiger partial charge < -0.3 is 9.05 Å². The van der Waals surface area contributed by atoms with E-state index in [2.05, 4.69) is 0 Å². The summed E-state index contributed by atoms with van der Waals surface area (Å²) in [6.07, 6.45) is 0.158. The lowest BCUT2D eigenvalue weighted by Crippen LogP contribution is -2.20. The molecule has 0 rings (SSSR count). The van der Waals surface area contributed by atoms with Crippen molar-refractivity contribution in [2.75, 3.05) is 13.2 Å². The smallest absolute Gasteiger partial charge is 0.303 e. The molecule has 0 aromatic rings. The van der Waals surface area contributed by atoms with E-state index in [1.54, 1.807) is 6.92 Å². The Morgan fingerprint density at radius 2 is 1.28 bits per heavy atom. The lowest BCUT2D eigenvalue weighted by Gasteiger charge is -2.25. The maximum atomic E-state index is 12.4. The van der Waals surface area contributed by atoms with Crippen molar-refractivity contribution in [1.82, 2.24) is 0 Å². The van der Waals surface area contributed by atoms with Crippen LogP contribution in [-0.2, 0) is 18.4 Å². The molecule has 0 aliphatic rings. The number of rotatable bonds is 6. The second-order valence-electron chi connectivity index (χ2n) is 6.91. The van der Waals surface area contributed by atoms with Crippen molar-refractivity contribution in [1.29, 1.82) is 0 Å². The van der Waals surface area contributed by atoms with Crippen LogP contribution in [0.3, 0.4) is 0 Å². The minimum absolute atomic E-state index is 0.158. The predicted octanol–water partition coefficient (Wildman–Crippen LogP) is 4.24. The Morgan fingerprint density at radius 3 is 1.50 bits per heavy atom. The summed E-state index contributed by atoms with van der Waals surface area (Å²) in [5, 5.41) is 0. The van der Waals surface area contributed by atoms with Gasteiger partial charge in [0.25, 0.3) is 0 Å². The Labute approximate surface area is 111 Å². The summed E-state index contributed by atoms with van der Waals surface area (Å²) < 4.78 is 23.1. The third-order valence-electron chi connectivity index (χ3n) is 1.94. The molecule has 5 heteroatoms. The molecule has 0 N–H and O–H groups in total. The Bertz CT molecular complexity index is 301. The Kier molecular flexibility index (Phi) is 6.25. The zero-order chi connectivity index (χ0) is 14.6.